The minimum Gasteiger partial charge on any atom is -0.396 e. The highest BCUT2D eigenvalue weighted by Crippen LogP contribution is 2.30. The first-order chi connectivity index (χ1) is 7.27. The molecule has 5 heteroatoms. The van der Waals surface area contributed by atoms with Gasteiger partial charge in [0, 0.05) is 18.0 Å². The van der Waals surface area contributed by atoms with Gasteiger partial charge in [-0.2, -0.15) is 11.8 Å². The van der Waals surface area contributed by atoms with Gasteiger partial charge in [-0.05, 0) is 34.5 Å². The van der Waals surface area contributed by atoms with Gasteiger partial charge in [0.05, 0.1) is 22.0 Å². The lowest BCUT2D eigenvalue weighted by molar-refractivity contribution is 0.805. The number of aromatic nitrogens is 1. The van der Waals surface area contributed by atoms with Gasteiger partial charge in [-0.1, -0.05) is 0 Å². The first kappa shape index (κ1) is 11.1. The number of hydrogen-bond donors (Lipinski definition) is 2. The zero-order chi connectivity index (χ0) is 10.7. The Morgan fingerprint density at radius 1 is 1.60 bits per heavy atom. The Hall–Kier alpha value is -0.420. The predicted octanol–water partition coefficient (Wildman–Crippen LogP) is 2.73. The fraction of sp³-hybridized carbons (Fsp3) is 0.500. The molecule has 3 N–H and O–H groups in total. The van der Waals surface area contributed by atoms with E-state index in [1.54, 1.807) is 12.4 Å². The van der Waals surface area contributed by atoms with Crippen LogP contribution in [0, 0.1) is 0 Å². The minimum atomic E-state index is 0.701. The van der Waals surface area contributed by atoms with E-state index in [-0.39, 0.29) is 0 Å². The molecule has 2 heterocycles. The number of hydrogen-bond acceptors (Lipinski definition) is 4. The Morgan fingerprint density at radius 2 is 2.47 bits per heavy atom. The van der Waals surface area contributed by atoms with Crippen LogP contribution in [0.2, 0.25) is 0 Å². The molecule has 1 aliphatic rings. The van der Waals surface area contributed by atoms with Crippen LogP contribution in [0.5, 0.6) is 0 Å². The predicted molar refractivity (Wildman–Crippen MR) is 70.3 cm³/mol. The molecule has 0 radical (unpaired) electrons. The van der Waals surface area contributed by atoms with E-state index < -0.39 is 0 Å². The first-order valence-electron chi connectivity index (χ1n) is 5.02. The van der Waals surface area contributed by atoms with E-state index in [0.29, 0.717) is 5.69 Å². The molecule has 0 aliphatic carbocycles. The van der Waals surface area contributed by atoms with Gasteiger partial charge >= 0.3 is 0 Å². The Kier molecular flexibility index (Phi) is 3.75. The lowest BCUT2D eigenvalue weighted by Gasteiger charge is -2.14. The number of nitrogens with two attached hydrogens (primary N) is 1. The van der Waals surface area contributed by atoms with E-state index in [1.807, 2.05) is 11.8 Å². The van der Waals surface area contributed by atoms with Gasteiger partial charge in [0.1, 0.15) is 0 Å². The van der Waals surface area contributed by atoms with Gasteiger partial charge in [-0.25, -0.2) is 0 Å². The van der Waals surface area contributed by atoms with Crippen LogP contribution < -0.4 is 11.1 Å². The Labute approximate surface area is 102 Å². The summed E-state index contributed by atoms with van der Waals surface area (Å²) < 4.78 is 0.936. The Bertz CT molecular complexity index is 319. The van der Waals surface area contributed by atoms with Gasteiger partial charge in [-0.15, -0.1) is 0 Å². The topological polar surface area (TPSA) is 50.9 Å². The smallest absolute Gasteiger partial charge is 0.0750 e. The Morgan fingerprint density at radius 3 is 3.13 bits per heavy atom. The largest absolute Gasteiger partial charge is 0.396 e. The van der Waals surface area contributed by atoms with Gasteiger partial charge in [0.15, 0.2) is 0 Å². The SMILES string of the molecule is Nc1cncc(Br)c1NCC1CCCS1. The summed E-state index contributed by atoms with van der Waals surface area (Å²) in [7, 11) is 0. The molecule has 0 amide bonds. The van der Waals surface area contributed by atoms with E-state index >= 15 is 0 Å². The van der Waals surface area contributed by atoms with Crippen molar-refractivity contribution in [2.24, 2.45) is 0 Å². The lowest BCUT2D eigenvalue weighted by atomic mass is 10.2. The molecular weight excluding hydrogens is 274 g/mol. The quantitative estimate of drug-likeness (QED) is 0.898. The number of pyridine rings is 1. The van der Waals surface area contributed by atoms with Crippen molar-refractivity contribution < 1.29 is 0 Å². The van der Waals surface area contributed by atoms with E-state index in [9.17, 15) is 0 Å². The van der Waals surface area contributed by atoms with Crippen LogP contribution in [0.25, 0.3) is 0 Å². The maximum absolute atomic E-state index is 5.84. The van der Waals surface area contributed by atoms with Gasteiger partial charge in [-0.3, -0.25) is 4.98 Å². The molecule has 0 aromatic carbocycles. The molecule has 1 fully saturated rings. The van der Waals surface area contributed by atoms with Crippen molar-refractivity contribution >= 4 is 39.1 Å². The summed E-state index contributed by atoms with van der Waals surface area (Å²) in [5, 5.41) is 4.12. The third-order valence-corrected chi connectivity index (χ3v) is 4.46. The molecule has 0 spiro atoms. The number of rotatable bonds is 3. The molecule has 0 bridgehead atoms. The van der Waals surface area contributed by atoms with E-state index in [1.165, 1.54) is 18.6 Å². The van der Waals surface area contributed by atoms with Crippen LogP contribution in [0.1, 0.15) is 12.8 Å². The monoisotopic (exact) mass is 287 g/mol. The van der Waals surface area contributed by atoms with Gasteiger partial charge in [0.2, 0.25) is 0 Å². The van der Waals surface area contributed by atoms with E-state index in [4.69, 9.17) is 5.73 Å². The highest BCUT2D eigenvalue weighted by atomic mass is 79.9. The van der Waals surface area contributed by atoms with Crippen molar-refractivity contribution in [1.82, 2.24) is 4.98 Å². The lowest BCUT2D eigenvalue weighted by Crippen LogP contribution is -2.15. The zero-order valence-electron chi connectivity index (χ0n) is 8.37. The highest BCUT2D eigenvalue weighted by molar-refractivity contribution is 9.10. The summed E-state index contributed by atoms with van der Waals surface area (Å²) in [5.41, 5.74) is 7.52. The van der Waals surface area contributed by atoms with Crippen molar-refractivity contribution in [2.45, 2.75) is 18.1 Å². The van der Waals surface area contributed by atoms with Crippen molar-refractivity contribution in [3.63, 3.8) is 0 Å². The minimum absolute atomic E-state index is 0.701. The van der Waals surface area contributed by atoms with Crippen molar-refractivity contribution in [3.8, 4) is 0 Å². The zero-order valence-corrected chi connectivity index (χ0v) is 10.8. The maximum Gasteiger partial charge on any atom is 0.0750 e. The van der Waals surface area contributed by atoms with Crippen molar-refractivity contribution in [3.05, 3.63) is 16.9 Å². The maximum atomic E-state index is 5.84. The molecule has 1 unspecified atom stereocenters. The van der Waals surface area contributed by atoms with Crippen LogP contribution in [0.3, 0.4) is 0 Å². The number of nitrogens with zero attached hydrogens (tertiary/aromatic N) is 1. The summed E-state index contributed by atoms with van der Waals surface area (Å²) in [6.45, 7) is 0.984. The molecule has 1 aromatic rings. The Balaban J connectivity index is 1.97. The highest BCUT2D eigenvalue weighted by Gasteiger charge is 2.15. The number of thioether (sulfide) groups is 1. The van der Waals surface area contributed by atoms with Gasteiger partial charge < -0.3 is 11.1 Å². The fourth-order valence-electron chi connectivity index (χ4n) is 1.66. The van der Waals surface area contributed by atoms with Crippen LogP contribution in [0.4, 0.5) is 11.4 Å². The van der Waals surface area contributed by atoms with Crippen molar-refractivity contribution in [1.29, 1.82) is 0 Å². The second kappa shape index (κ2) is 5.07. The van der Waals surface area contributed by atoms with Crippen LogP contribution >= 0.6 is 27.7 Å². The molecule has 1 saturated heterocycles. The second-order valence-electron chi connectivity index (χ2n) is 3.60. The summed E-state index contributed by atoms with van der Waals surface area (Å²) >= 11 is 5.48. The third kappa shape index (κ3) is 2.78. The molecular formula is C10H14BrN3S. The summed E-state index contributed by atoms with van der Waals surface area (Å²) in [6, 6.07) is 0. The molecule has 3 nitrogen and oxygen atoms in total. The molecule has 1 aliphatic heterocycles. The molecule has 0 saturated carbocycles. The van der Waals surface area contributed by atoms with Crippen molar-refractivity contribution in [2.75, 3.05) is 23.3 Å². The average molecular weight is 288 g/mol. The van der Waals surface area contributed by atoms with Gasteiger partial charge in [0.25, 0.3) is 0 Å². The van der Waals surface area contributed by atoms with Crippen LogP contribution in [-0.2, 0) is 0 Å². The van der Waals surface area contributed by atoms with Crippen LogP contribution in [0.15, 0.2) is 16.9 Å². The summed E-state index contributed by atoms with van der Waals surface area (Å²) in [4.78, 5) is 4.01. The second-order valence-corrected chi connectivity index (χ2v) is 5.86. The molecule has 15 heavy (non-hydrogen) atoms. The van der Waals surface area contributed by atoms with Crippen LogP contribution in [-0.4, -0.2) is 22.5 Å². The summed E-state index contributed by atoms with van der Waals surface area (Å²) in [6.07, 6.45) is 6.08. The fourth-order valence-corrected chi connectivity index (χ4v) is 3.35. The molecule has 1 atom stereocenters. The van der Waals surface area contributed by atoms with E-state index in [0.717, 1.165) is 22.0 Å². The average Bonchev–Trinajstić information content (AvgIpc) is 2.70. The molecule has 1 aromatic heterocycles. The standard InChI is InChI=1S/C10H14BrN3S/c11-8-5-13-6-9(12)10(8)14-4-7-2-1-3-15-7/h5-7H,1-4,12H2,(H,13,14). The van der Waals surface area contributed by atoms with E-state index in [2.05, 4.69) is 26.2 Å². The first-order valence-corrected chi connectivity index (χ1v) is 6.86. The molecule has 82 valence electrons. The number of anilines is 2. The normalized spacial score (nSPS) is 20.5. The number of nitrogen functional groups attached to an aromatic ring is 1. The third-order valence-electron chi connectivity index (χ3n) is 2.46. The number of halogens is 1. The molecule has 2 rings (SSSR count). The summed E-state index contributed by atoms with van der Waals surface area (Å²) in [5.74, 6) is 1.29. The number of nitrogens with one attached hydrogen (secondary N) is 1.